The van der Waals surface area contributed by atoms with Gasteiger partial charge in [0.1, 0.15) is 11.5 Å². The summed E-state index contributed by atoms with van der Waals surface area (Å²) in [4.78, 5) is 10.6. The van der Waals surface area contributed by atoms with E-state index < -0.39 is 5.97 Å². The van der Waals surface area contributed by atoms with E-state index in [1.165, 1.54) is 6.07 Å². The van der Waals surface area contributed by atoms with E-state index in [-0.39, 0.29) is 5.56 Å². The number of aromatic carboxylic acids is 1. The van der Waals surface area contributed by atoms with Crippen LogP contribution < -0.4 is 5.11 Å². The molecule has 64 valence electrons. The second-order valence-corrected chi connectivity index (χ2v) is 3.20. The molecule has 3 nitrogen and oxygen atoms in total. The molecule has 0 aliphatic heterocycles. The summed E-state index contributed by atoms with van der Waals surface area (Å²) < 4.78 is 5.28. The summed E-state index contributed by atoms with van der Waals surface area (Å²) in [5.41, 5.74) is 0.231. The van der Waals surface area contributed by atoms with E-state index in [9.17, 15) is 9.90 Å². The first-order valence-electron chi connectivity index (χ1n) is 4.00. The Hall–Kier alpha value is -1.25. The van der Waals surface area contributed by atoms with E-state index in [0.717, 1.165) is 12.8 Å². The van der Waals surface area contributed by atoms with Gasteiger partial charge < -0.3 is 14.3 Å². The second-order valence-electron chi connectivity index (χ2n) is 3.20. The van der Waals surface area contributed by atoms with Crippen LogP contribution in [0.3, 0.4) is 0 Å². The molecule has 0 saturated heterocycles. The number of hydrogen-bond donors (Lipinski definition) is 0. The lowest BCUT2D eigenvalue weighted by molar-refractivity contribution is -0.255. The lowest BCUT2D eigenvalue weighted by atomic mass is 10.2. The topological polar surface area (TPSA) is 53.3 Å². The minimum atomic E-state index is -1.13. The summed E-state index contributed by atoms with van der Waals surface area (Å²) in [6, 6.07) is 1.53. The summed E-state index contributed by atoms with van der Waals surface area (Å²) in [5.74, 6) is 0.448. The quantitative estimate of drug-likeness (QED) is 0.652. The first-order chi connectivity index (χ1) is 5.68. The molecular formula is C9H9O3-. The van der Waals surface area contributed by atoms with Crippen molar-refractivity contribution in [2.45, 2.75) is 25.7 Å². The van der Waals surface area contributed by atoms with E-state index in [4.69, 9.17) is 4.42 Å². The molecule has 0 atom stereocenters. The van der Waals surface area contributed by atoms with Gasteiger partial charge in [0.05, 0.1) is 5.97 Å². The van der Waals surface area contributed by atoms with Crippen molar-refractivity contribution in [2.75, 3.05) is 0 Å². The minimum Gasteiger partial charge on any atom is -0.545 e. The third-order valence-electron chi connectivity index (χ3n) is 2.05. The molecule has 0 bridgehead atoms. The molecular weight excluding hydrogens is 156 g/mol. The Morgan fingerprint density at radius 1 is 1.67 bits per heavy atom. The zero-order valence-electron chi connectivity index (χ0n) is 6.79. The molecule has 0 amide bonds. The maximum absolute atomic E-state index is 10.6. The Morgan fingerprint density at radius 3 is 2.83 bits per heavy atom. The number of carbonyl (C=O) groups excluding carboxylic acids is 1. The number of furan rings is 1. The zero-order chi connectivity index (χ0) is 8.72. The average molecular weight is 165 g/mol. The van der Waals surface area contributed by atoms with Gasteiger partial charge >= 0.3 is 0 Å². The van der Waals surface area contributed by atoms with Crippen molar-refractivity contribution in [3.8, 4) is 0 Å². The first kappa shape index (κ1) is 7.40. The van der Waals surface area contributed by atoms with E-state index in [1.807, 2.05) is 0 Å². The molecule has 0 unspecified atom stereocenters. The van der Waals surface area contributed by atoms with Gasteiger partial charge in [-0.05, 0) is 25.8 Å². The molecule has 1 heterocycles. The van der Waals surface area contributed by atoms with Gasteiger partial charge in [-0.1, -0.05) is 0 Å². The zero-order valence-corrected chi connectivity index (χ0v) is 6.79. The lowest BCUT2D eigenvalue weighted by Crippen LogP contribution is -2.22. The van der Waals surface area contributed by atoms with Crippen LogP contribution in [0.4, 0.5) is 0 Å². The van der Waals surface area contributed by atoms with Crippen LogP contribution in [0.1, 0.15) is 40.6 Å². The van der Waals surface area contributed by atoms with E-state index in [2.05, 4.69) is 0 Å². The third-order valence-corrected chi connectivity index (χ3v) is 2.05. The monoisotopic (exact) mass is 165 g/mol. The molecule has 1 saturated carbocycles. The summed E-state index contributed by atoms with van der Waals surface area (Å²) >= 11 is 0. The molecule has 0 N–H and O–H groups in total. The van der Waals surface area contributed by atoms with Crippen molar-refractivity contribution in [1.29, 1.82) is 0 Å². The Bertz CT molecular complexity index is 321. The van der Waals surface area contributed by atoms with E-state index >= 15 is 0 Å². The molecule has 1 aliphatic rings. The Kier molecular flexibility index (Phi) is 1.46. The fourth-order valence-electron chi connectivity index (χ4n) is 1.34. The van der Waals surface area contributed by atoms with Gasteiger partial charge in [0, 0.05) is 11.5 Å². The Labute approximate surface area is 70.0 Å². The van der Waals surface area contributed by atoms with Crippen molar-refractivity contribution < 1.29 is 14.3 Å². The molecule has 0 spiro atoms. The van der Waals surface area contributed by atoms with Crippen LogP contribution in [-0.4, -0.2) is 5.97 Å². The highest BCUT2D eigenvalue weighted by molar-refractivity contribution is 5.87. The number of carbonyl (C=O) groups is 1. The maximum Gasteiger partial charge on any atom is 0.116 e. The predicted octanol–water partition coefficient (Wildman–Crippen LogP) is 0.829. The SMILES string of the molecule is Cc1cc(C(=O)[O-])c(C2CC2)o1. The van der Waals surface area contributed by atoms with Crippen molar-refractivity contribution >= 4 is 5.97 Å². The van der Waals surface area contributed by atoms with Crippen molar-refractivity contribution in [2.24, 2.45) is 0 Å². The summed E-state index contributed by atoms with van der Waals surface area (Å²) in [7, 11) is 0. The largest absolute Gasteiger partial charge is 0.545 e. The van der Waals surface area contributed by atoms with Crippen LogP contribution in [0.15, 0.2) is 10.5 Å². The maximum atomic E-state index is 10.6. The van der Waals surface area contributed by atoms with Crippen molar-refractivity contribution in [3.05, 3.63) is 23.2 Å². The molecule has 12 heavy (non-hydrogen) atoms. The molecule has 1 aliphatic carbocycles. The highest BCUT2D eigenvalue weighted by Crippen LogP contribution is 2.42. The molecule has 0 aromatic carbocycles. The molecule has 0 radical (unpaired) electrons. The predicted molar refractivity (Wildman–Crippen MR) is 39.8 cm³/mol. The van der Waals surface area contributed by atoms with Gasteiger partial charge in [0.15, 0.2) is 0 Å². The number of carboxylic acid groups (broad SMARTS) is 1. The third kappa shape index (κ3) is 1.11. The Balaban J connectivity index is 2.43. The smallest absolute Gasteiger partial charge is 0.116 e. The fraction of sp³-hybridized carbons (Fsp3) is 0.444. The van der Waals surface area contributed by atoms with Crippen molar-refractivity contribution in [3.63, 3.8) is 0 Å². The standard InChI is InChI=1S/C9H10O3/c1-5-4-7(9(10)11)8(12-5)6-2-3-6/h4,6H,2-3H2,1H3,(H,10,11)/p-1. The van der Waals surface area contributed by atoms with Crippen LogP contribution >= 0.6 is 0 Å². The van der Waals surface area contributed by atoms with Crippen LogP contribution in [-0.2, 0) is 0 Å². The number of hydrogen-bond acceptors (Lipinski definition) is 3. The van der Waals surface area contributed by atoms with Gasteiger partial charge in [0.25, 0.3) is 0 Å². The number of carboxylic acids is 1. The average Bonchev–Trinajstić information content (AvgIpc) is 2.75. The molecule has 1 aromatic heterocycles. The van der Waals surface area contributed by atoms with E-state index in [1.54, 1.807) is 6.92 Å². The Morgan fingerprint density at radius 2 is 2.33 bits per heavy atom. The molecule has 1 aromatic rings. The normalized spacial score (nSPS) is 16.4. The molecule has 3 heteroatoms. The van der Waals surface area contributed by atoms with Crippen molar-refractivity contribution in [1.82, 2.24) is 0 Å². The lowest BCUT2D eigenvalue weighted by Gasteiger charge is -1.99. The molecule has 2 rings (SSSR count). The van der Waals surface area contributed by atoms with Crippen LogP contribution in [0.25, 0.3) is 0 Å². The van der Waals surface area contributed by atoms with Crippen LogP contribution in [0.5, 0.6) is 0 Å². The second kappa shape index (κ2) is 2.37. The summed E-state index contributed by atoms with van der Waals surface area (Å²) in [5, 5.41) is 10.6. The van der Waals surface area contributed by atoms with Gasteiger partial charge in [-0.2, -0.15) is 0 Å². The van der Waals surface area contributed by atoms with Crippen LogP contribution in [0, 0.1) is 6.92 Å². The van der Waals surface area contributed by atoms with E-state index in [0.29, 0.717) is 17.4 Å². The summed E-state index contributed by atoms with van der Waals surface area (Å²) in [6.07, 6.45) is 2.07. The summed E-state index contributed by atoms with van der Waals surface area (Å²) in [6.45, 7) is 1.75. The van der Waals surface area contributed by atoms with Crippen LogP contribution in [0.2, 0.25) is 0 Å². The van der Waals surface area contributed by atoms with Gasteiger partial charge in [-0.3, -0.25) is 0 Å². The molecule has 1 fully saturated rings. The number of aryl methyl sites for hydroxylation is 1. The first-order valence-corrected chi connectivity index (χ1v) is 4.00. The highest BCUT2D eigenvalue weighted by atomic mass is 16.4. The van der Waals surface area contributed by atoms with Gasteiger partial charge in [0.2, 0.25) is 0 Å². The van der Waals surface area contributed by atoms with Gasteiger partial charge in [-0.15, -0.1) is 0 Å². The fourth-order valence-corrected chi connectivity index (χ4v) is 1.34. The van der Waals surface area contributed by atoms with Gasteiger partial charge in [-0.25, -0.2) is 0 Å². The number of rotatable bonds is 2. The highest BCUT2D eigenvalue weighted by Gasteiger charge is 2.29. The minimum absolute atomic E-state index is 0.231.